The van der Waals surface area contributed by atoms with Gasteiger partial charge in [0.05, 0.1) is 11.6 Å². The summed E-state index contributed by atoms with van der Waals surface area (Å²) < 4.78 is 0. The van der Waals surface area contributed by atoms with Crippen LogP contribution in [0.4, 0.5) is 10.5 Å². The third-order valence-corrected chi connectivity index (χ3v) is 4.47. The lowest BCUT2D eigenvalue weighted by Gasteiger charge is -2.14. The number of hydrogen-bond acceptors (Lipinski definition) is 4. The molecule has 2 amide bonds. The van der Waals surface area contributed by atoms with Gasteiger partial charge in [-0.1, -0.05) is 42.5 Å². The normalized spacial score (nSPS) is 16.2. The molecule has 0 bridgehead atoms. The largest absolute Gasteiger partial charge is 0.367 e. The van der Waals surface area contributed by atoms with Gasteiger partial charge in [-0.25, -0.2) is 0 Å². The first-order chi connectivity index (χ1) is 11.1. The van der Waals surface area contributed by atoms with Crippen LogP contribution in [0.15, 0.2) is 59.5 Å². The fraction of sp³-hybridized carbons (Fsp3) is 0.111. The van der Waals surface area contributed by atoms with Crippen LogP contribution in [0.25, 0.3) is 6.08 Å². The Bertz CT molecular complexity index is 772. The predicted octanol–water partition coefficient (Wildman–Crippen LogP) is 4.10. The van der Waals surface area contributed by atoms with Crippen LogP contribution in [-0.4, -0.2) is 22.7 Å². The molecule has 5 heteroatoms. The van der Waals surface area contributed by atoms with Gasteiger partial charge in [-0.15, -0.1) is 0 Å². The van der Waals surface area contributed by atoms with Gasteiger partial charge >= 0.3 is 0 Å². The number of carbonyl (C=O) groups excluding carboxylic acids is 2. The summed E-state index contributed by atoms with van der Waals surface area (Å²) in [5, 5.41) is 2.84. The fourth-order valence-corrected chi connectivity index (χ4v) is 3.08. The smallest absolute Gasteiger partial charge is 0.295 e. The number of amides is 2. The van der Waals surface area contributed by atoms with Crippen LogP contribution < -0.4 is 5.32 Å². The van der Waals surface area contributed by atoms with Crippen molar-refractivity contribution < 1.29 is 9.59 Å². The van der Waals surface area contributed by atoms with Crippen LogP contribution in [0.1, 0.15) is 11.1 Å². The van der Waals surface area contributed by atoms with Gasteiger partial charge in [0.25, 0.3) is 11.1 Å². The number of imide groups is 1. The standard InChI is InChI=1S/C18H16N2O2S/c1-13-7-5-6-8-14(13)11-16-17(21)20(18(22)23-16)12-19-15-9-3-2-4-10-15/h2-11,19H,12H2,1H3/b16-11-. The van der Waals surface area contributed by atoms with Crippen LogP contribution in [0.3, 0.4) is 0 Å². The molecular formula is C18H16N2O2S. The van der Waals surface area contributed by atoms with E-state index in [2.05, 4.69) is 5.32 Å². The van der Waals surface area contributed by atoms with Crippen molar-refractivity contribution in [2.75, 3.05) is 12.0 Å². The van der Waals surface area contributed by atoms with E-state index in [1.165, 1.54) is 4.90 Å². The van der Waals surface area contributed by atoms with E-state index in [0.29, 0.717) is 4.91 Å². The molecule has 1 N–H and O–H groups in total. The highest BCUT2D eigenvalue weighted by Crippen LogP contribution is 2.32. The molecule has 0 atom stereocenters. The van der Waals surface area contributed by atoms with E-state index in [1.807, 2.05) is 61.5 Å². The molecule has 0 aliphatic carbocycles. The molecule has 0 spiro atoms. The molecule has 1 heterocycles. The Hall–Kier alpha value is -2.53. The van der Waals surface area contributed by atoms with Crippen molar-refractivity contribution in [3.63, 3.8) is 0 Å². The van der Waals surface area contributed by atoms with Crippen molar-refractivity contribution in [3.05, 3.63) is 70.6 Å². The highest BCUT2D eigenvalue weighted by atomic mass is 32.2. The maximum absolute atomic E-state index is 12.4. The number of para-hydroxylation sites is 1. The summed E-state index contributed by atoms with van der Waals surface area (Å²) in [5.74, 6) is -0.258. The average molecular weight is 324 g/mol. The molecule has 0 aromatic heterocycles. The third-order valence-electron chi connectivity index (χ3n) is 3.56. The molecule has 3 rings (SSSR count). The number of rotatable bonds is 4. The molecular weight excluding hydrogens is 308 g/mol. The zero-order valence-electron chi connectivity index (χ0n) is 12.7. The molecule has 1 aliphatic heterocycles. The summed E-state index contributed by atoms with van der Waals surface area (Å²) >= 11 is 0.979. The van der Waals surface area contributed by atoms with E-state index in [9.17, 15) is 9.59 Å². The quantitative estimate of drug-likeness (QED) is 0.860. The van der Waals surface area contributed by atoms with Gasteiger partial charge in [0.15, 0.2) is 0 Å². The summed E-state index contributed by atoms with van der Waals surface area (Å²) in [6.07, 6.45) is 1.78. The van der Waals surface area contributed by atoms with Gasteiger partial charge in [-0.2, -0.15) is 0 Å². The number of nitrogens with one attached hydrogen (secondary N) is 1. The summed E-state index contributed by atoms with van der Waals surface area (Å²) in [6.45, 7) is 2.15. The van der Waals surface area contributed by atoms with Gasteiger partial charge in [0, 0.05) is 5.69 Å². The van der Waals surface area contributed by atoms with Gasteiger partial charge in [0.2, 0.25) is 0 Å². The molecule has 1 fully saturated rings. The van der Waals surface area contributed by atoms with E-state index in [-0.39, 0.29) is 17.8 Å². The molecule has 0 unspecified atom stereocenters. The van der Waals surface area contributed by atoms with E-state index >= 15 is 0 Å². The fourth-order valence-electron chi connectivity index (χ4n) is 2.25. The number of anilines is 1. The molecule has 2 aromatic carbocycles. The Balaban J connectivity index is 1.74. The molecule has 4 nitrogen and oxygen atoms in total. The molecule has 0 saturated carbocycles. The number of thioether (sulfide) groups is 1. The summed E-state index contributed by atoms with van der Waals surface area (Å²) in [7, 11) is 0. The van der Waals surface area contributed by atoms with Crippen molar-refractivity contribution in [2.45, 2.75) is 6.92 Å². The van der Waals surface area contributed by atoms with Crippen LogP contribution in [0, 0.1) is 6.92 Å². The van der Waals surface area contributed by atoms with Gasteiger partial charge in [-0.3, -0.25) is 14.5 Å². The highest BCUT2D eigenvalue weighted by Gasteiger charge is 2.34. The summed E-state index contributed by atoms with van der Waals surface area (Å²) in [5.41, 5.74) is 2.89. The summed E-state index contributed by atoms with van der Waals surface area (Å²) in [6, 6.07) is 17.3. The van der Waals surface area contributed by atoms with Crippen molar-refractivity contribution in [2.24, 2.45) is 0 Å². The molecule has 23 heavy (non-hydrogen) atoms. The van der Waals surface area contributed by atoms with Gasteiger partial charge < -0.3 is 5.32 Å². The van der Waals surface area contributed by atoms with Crippen LogP contribution >= 0.6 is 11.8 Å². The Morgan fingerprint density at radius 1 is 1.04 bits per heavy atom. The van der Waals surface area contributed by atoms with Crippen LogP contribution in [-0.2, 0) is 4.79 Å². The number of benzene rings is 2. The SMILES string of the molecule is Cc1ccccc1/C=C1\SC(=O)N(CNc2ccccc2)C1=O. The minimum atomic E-state index is -0.258. The maximum atomic E-state index is 12.4. The minimum Gasteiger partial charge on any atom is -0.367 e. The van der Waals surface area contributed by atoms with Crippen molar-refractivity contribution in [1.82, 2.24) is 4.90 Å². The molecule has 0 radical (unpaired) electrons. The lowest BCUT2D eigenvalue weighted by atomic mass is 10.1. The van der Waals surface area contributed by atoms with Gasteiger partial charge in [-0.05, 0) is 48.0 Å². The van der Waals surface area contributed by atoms with Gasteiger partial charge in [0.1, 0.15) is 0 Å². The predicted molar refractivity (Wildman–Crippen MR) is 93.9 cm³/mol. The second-order valence-electron chi connectivity index (χ2n) is 5.17. The van der Waals surface area contributed by atoms with E-state index in [0.717, 1.165) is 28.6 Å². The molecule has 116 valence electrons. The molecule has 1 saturated heterocycles. The Morgan fingerprint density at radius 3 is 2.48 bits per heavy atom. The number of nitrogens with zero attached hydrogens (tertiary/aromatic N) is 1. The van der Waals surface area contributed by atoms with E-state index in [1.54, 1.807) is 6.08 Å². The third kappa shape index (κ3) is 3.46. The first kappa shape index (κ1) is 15.4. The minimum absolute atomic E-state index is 0.166. The zero-order chi connectivity index (χ0) is 16.2. The number of aryl methyl sites for hydroxylation is 1. The number of carbonyl (C=O) groups is 2. The first-order valence-corrected chi connectivity index (χ1v) is 8.07. The lowest BCUT2D eigenvalue weighted by Crippen LogP contribution is -2.33. The second kappa shape index (κ2) is 6.71. The van der Waals surface area contributed by atoms with Crippen LogP contribution in [0.2, 0.25) is 0 Å². The topological polar surface area (TPSA) is 49.4 Å². The molecule has 2 aromatic rings. The van der Waals surface area contributed by atoms with Crippen molar-refractivity contribution in [1.29, 1.82) is 0 Å². The average Bonchev–Trinajstić information content (AvgIpc) is 2.82. The van der Waals surface area contributed by atoms with Crippen molar-refractivity contribution in [3.8, 4) is 0 Å². The zero-order valence-corrected chi connectivity index (χ0v) is 13.5. The van der Waals surface area contributed by atoms with Crippen molar-refractivity contribution >= 4 is 34.7 Å². The monoisotopic (exact) mass is 324 g/mol. The summed E-state index contributed by atoms with van der Waals surface area (Å²) in [4.78, 5) is 26.2. The Kier molecular flexibility index (Phi) is 4.48. The Morgan fingerprint density at radius 2 is 1.74 bits per heavy atom. The highest BCUT2D eigenvalue weighted by molar-refractivity contribution is 8.18. The molecule has 1 aliphatic rings. The Labute approximate surface area is 139 Å². The second-order valence-corrected chi connectivity index (χ2v) is 6.16. The lowest BCUT2D eigenvalue weighted by molar-refractivity contribution is -0.122. The van der Waals surface area contributed by atoms with E-state index in [4.69, 9.17) is 0 Å². The first-order valence-electron chi connectivity index (χ1n) is 7.25. The number of hydrogen-bond donors (Lipinski definition) is 1. The van der Waals surface area contributed by atoms with Crippen LogP contribution in [0.5, 0.6) is 0 Å². The van der Waals surface area contributed by atoms with E-state index < -0.39 is 0 Å². The maximum Gasteiger partial charge on any atom is 0.295 e.